The van der Waals surface area contributed by atoms with E-state index in [-0.39, 0.29) is 42.1 Å². The third-order valence-electron chi connectivity index (χ3n) is 7.38. The minimum Gasteiger partial charge on any atom is -0.455 e. The van der Waals surface area contributed by atoms with Gasteiger partial charge in [0.05, 0.1) is 36.8 Å². The molecule has 1 saturated carbocycles. The zero-order valence-corrected chi connectivity index (χ0v) is 25.5. The molecule has 44 heavy (non-hydrogen) atoms. The molecule has 1 fully saturated rings. The minimum atomic E-state index is -3.71. The first-order valence-electron chi connectivity index (χ1n) is 14.5. The van der Waals surface area contributed by atoms with Crippen LogP contribution < -0.4 is 10.0 Å². The molecular formula is C33H35FN2O7S. The zero-order chi connectivity index (χ0) is 31.3. The Balaban J connectivity index is 1.20. The van der Waals surface area contributed by atoms with Crippen molar-refractivity contribution in [3.8, 4) is 11.3 Å². The predicted octanol–water partition coefficient (Wildman–Crippen LogP) is 6.04. The minimum absolute atomic E-state index is 0.00365. The van der Waals surface area contributed by atoms with Crippen molar-refractivity contribution in [3.63, 3.8) is 0 Å². The highest BCUT2D eigenvalue weighted by molar-refractivity contribution is 7.92. The highest BCUT2D eigenvalue weighted by Crippen LogP contribution is 2.46. The maximum absolute atomic E-state index is 13.6. The Kier molecular flexibility index (Phi) is 9.77. The summed E-state index contributed by atoms with van der Waals surface area (Å²) in [4.78, 5) is 24.4. The number of ketones is 1. The van der Waals surface area contributed by atoms with Crippen LogP contribution in [0.2, 0.25) is 0 Å². The number of hydrogen-bond acceptors (Lipinski definition) is 7. The number of halogens is 1. The van der Waals surface area contributed by atoms with Gasteiger partial charge >= 0.3 is 0 Å². The average molecular weight is 623 g/mol. The Morgan fingerprint density at radius 3 is 2.45 bits per heavy atom. The van der Waals surface area contributed by atoms with Gasteiger partial charge in [0.2, 0.25) is 10.0 Å². The van der Waals surface area contributed by atoms with Gasteiger partial charge in [0, 0.05) is 36.2 Å². The van der Waals surface area contributed by atoms with Crippen LogP contribution in [0.5, 0.6) is 0 Å². The van der Waals surface area contributed by atoms with Crippen molar-refractivity contribution in [3.05, 3.63) is 88.7 Å². The summed E-state index contributed by atoms with van der Waals surface area (Å²) in [5, 5.41) is 3.21. The lowest BCUT2D eigenvalue weighted by molar-refractivity contribution is 0.0410. The fourth-order valence-corrected chi connectivity index (χ4v) is 6.11. The summed E-state index contributed by atoms with van der Waals surface area (Å²) in [7, 11) is -2.19. The van der Waals surface area contributed by atoms with Crippen LogP contribution in [0.15, 0.2) is 65.1 Å². The largest absolute Gasteiger partial charge is 0.455 e. The topological polar surface area (TPSA) is 124 Å². The van der Waals surface area contributed by atoms with Gasteiger partial charge in [-0.1, -0.05) is 18.2 Å². The van der Waals surface area contributed by atoms with Gasteiger partial charge in [-0.3, -0.25) is 14.3 Å². The van der Waals surface area contributed by atoms with Crippen LogP contribution in [0, 0.1) is 5.82 Å². The molecule has 11 heteroatoms. The molecule has 5 rings (SSSR count). The summed E-state index contributed by atoms with van der Waals surface area (Å²) in [6.45, 7) is 2.76. The predicted molar refractivity (Wildman–Crippen MR) is 166 cm³/mol. The number of fused-ring (bicyclic) bond motifs is 1. The molecule has 1 aliphatic rings. The molecule has 9 nitrogen and oxygen atoms in total. The van der Waals surface area contributed by atoms with E-state index in [1.54, 1.807) is 18.2 Å². The molecule has 0 atom stereocenters. The first-order chi connectivity index (χ1) is 21.1. The molecule has 1 aromatic heterocycles. The van der Waals surface area contributed by atoms with Gasteiger partial charge in [0.25, 0.3) is 5.91 Å². The molecule has 232 valence electrons. The fraction of sp³-hybridized carbons (Fsp3) is 0.333. The van der Waals surface area contributed by atoms with E-state index in [0.29, 0.717) is 53.2 Å². The van der Waals surface area contributed by atoms with E-state index in [9.17, 15) is 22.4 Å². The number of carbonyl (C=O) groups excluding carboxylic acids is 2. The highest BCUT2D eigenvalue weighted by atomic mass is 32.2. The second-order valence-corrected chi connectivity index (χ2v) is 12.6. The van der Waals surface area contributed by atoms with Gasteiger partial charge in [-0.05, 0) is 79.6 Å². The van der Waals surface area contributed by atoms with Gasteiger partial charge in [-0.15, -0.1) is 0 Å². The number of benzene rings is 3. The highest BCUT2D eigenvalue weighted by Gasteiger charge is 2.30. The van der Waals surface area contributed by atoms with Crippen LogP contribution >= 0.6 is 0 Å². The summed E-state index contributed by atoms with van der Waals surface area (Å²) in [6.07, 6.45) is 2.11. The number of amides is 1. The summed E-state index contributed by atoms with van der Waals surface area (Å²) in [5.41, 5.74) is 3.95. The number of ether oxygens (including phenoxy) is 2. The number of anilines is 1. The SMILES string of the molecule is CNC(=O)c1c(-c2ccc(F)cc2)oc2cc(NS(=O)(=O)CCCOCCOCc3cccc(C(C)=O)c3)c(C3CC3)cc12. The molecule has 1 aliphatic carbocycles. The molecule has 0 radical (unpaired) electrons. The van der Waals surface area contributed by atoms with Gasteiger partial charge in [0.1, 0.15) is 17.2 Å². The summed E-state index contributed by atoms with van der Waals surface area (Å²) < 4.78 is 59.6. The van der Waals surface area contributed by atoms with Crippen LogP contribution in [-0.2, 0) is 26.1 Å². The Hall–Kier alpha value is -4.06. The second-order valence-electron chi connectivity index (χ2n) is 10.8. The summed E-state index contributed by atoms with van der Waals surface area (Å²) in [5.74, 6) is -0.456. The van der Waals surface area contributed by atoms with Crippen LogP contribution in [0.1, 0.15) is 63.9 Å². The van der Waals surface area contributed by atoms with Crippen molar-refractivity contribution in [1.29, 1.82) is 0 Å². The van der Waals surface area contributed by atoms with Crippen molar-refractivity contribution < 1.29 is 36.3 Å². The normalized spacial score (nSPS) is 13.2. The Labute approximate surface area is 255 Å². The van der Waals surface area contributed by atoms with E-state index in [2.05, 4.69) is 10.0 Å². The number of rotatable bonds is 15. The Morgan fingerprint density at radius 1 is 1.00 bits per heavy atom. The van der Waals surface area contributed by atoms with Crippen LogP contribution in [0.4, 0.5) is 10.1 Å². The molecule has 3 aromatic carbocycles. The summed E-state index contributed by atoms with van der Waals surface area (Å²) in [6, 6.07) is 16.4. The third-order valence-corrected chi connectivity index (χ3v) is 8.74. The molecule has 1 amide bonds. The molecule has 1 heterocycles. The second kappa shape index (κ2) is 13.7. The van der Waals surface area contributed by atoms with Crippen molar-refractivity contribution in [2.75, 3.05) is 37.3 Å². The number of carbonyl (C=O) groups is 2. The molecule has 0 unspecified atom stereocenters. The first-order valence-corrected chi connectivity index (χ1v) is 16.1. The number of Topliss-reactive ketones (excluding diaryl/α,β-unsaturated/α-hetero) is 1. The van der Waals surface area contributed by atoms with Crippen LogP contribution in [0.3, 0.4) is 0 Å². The molecule has 0 spiro atoms. The fourth-order valence-electron chi connectivity index (χ4n) is 4.99. The molecular weight excluding hydrogens is 587 g/mol. The lowest BCUT2D eigenvalue weighted by atomic mass is 10.0. The lowest BCUT2D eigenvalue weighted by Crippen LogP contribution is -2.19. The Morgan fingerprint density at radius 2 is 1.75 bits per heavy atom. The van der Waals surface area contributed by atoms with E-state index in [0.717, 1.165) is 24.0 Å². The lowest BCUT2D eigenvalue weighted by Gasteiger charge is -2.13. The Bertz CT molecular complexity index is 1760. The molecule has 0 bridgehead atoms. The monoisotopic (exact) mass is 622 g/mol. The quantitative estimate of drug-likeness (QED) is 0.122. The van der Waals surface area contributed by atoms with E-state index in [4.69, 9.17) is 13.9 Å². The summed E-state index contributed by atoms with van der Waals surface area (Å²) >= 11 is 0. The number of hydrogen-bond donors (Lipinski definition) is 2. The molecule has 2 N–H and O–H groups in total. The van der Waals surface area contributed by atoms with Crippen molar-refractivity contribution in [2.45, 2.75) is 38.7 Å². The molecule has 0 aliphatic heterocycles. The van der Waals surface area contributed by atoms with Crippen LogP contribution in [-0.4, -0.2) is 52.7 Å². The van der Waals surface area contributed by atoms with E-state index >= 15 is 0 Å². The molecule has 0 saturated heterocycles. The van der Waals surface area contributed by atoms with Gasteiger partial charge in [-0.2, -0.15) is 0 Å². The van der Waals surface area contributed by atoms with Gasteiger partial charge < -0.3 is 19.2 Å². The van der Waals surface area contributed by atoms with Crippen LogP contribution in [0.25, 0.3) is 22.3 Å². The maximum atomic E-state index is 13.6. The standard InChI is InChI=1S/C33H35FN2O7S/c1-21(37)25-6-3-5-22(17-25)20-42-15-14-41-13-4-16-44(39,40)36-29-19-30-28(18-27(29)23-7-8-23)31(33(38)35-2)32(43-30)24-9-11-26(34)12-10-24/h3,5-6,9-12,17-19,23,36H,4,7-8,13-16,20H2,1-2H3,(H,35,38). The third kappa shape index (κ3) is 7.71. The first kappa shape index (κ1) is 31.4. The smallest absolute Gasteiger partial charge is 0.255 e. The number of sulfonamides is 1. The number of nitrogens with one attached hydrogen (secondary N) is 2. The van der Waals surface area contributed by atoms with Crippen molar-refractivity contribution >= 4 is 38.4 Å². The van der Waals surface area contributed by atoms with E-state index < -0.39 is 15.8 Å². The average Bonchev–Trinajstić information content (AvgIpc) is 3.78. The number of furan rings is 1. The molecule has 4 aromatic rings. The van der Waals surface area contributed by atoms with Crippen molar-refractivity contribution in [2.24, 2.45) is 0 Å². The zero-order valence-electron chi connectivity index (χ0n) is 24.7. The maximum Gasteiger partial charge on any atom is 0.255 e. The van der Waals surface area contributed by atoms with E-state index in [1.807, 2.05) is 18.2 Å². The van der Waals surface area contributed by atoms with Gasteiger partial charge in [-0.25, -0.2) is 12.8 Å². The van der Waals surface area contributed by atoms with Gasteiger partial charge in [0.15, 0.2) is 5.78 Å². The van der Waals surface area contributed by atoms with E-state index in [1.165, 1.54) is 38.2 Å². The van der Waals surface area contributed by atoms with Crippen molar-refractivity contribution in [1.82, 2.24) is 5.32 Å².